The topological polar surface area (TPSA) is 140 Å². The number of sulfonamides is 1. The van der Waals surface area contributed by atoms with Crippen LogP contribution in [0.15, 0.2) is 29.2 Å². The number of amides is 3. The summed E-state index contributed by atoms with van der Waals surface area (Å²) >= 11 is 0. The van der Waals surface area contributed by atoms with E-state index in [0.29, 0.717) is 17.9 Å². The Morgan fingerprint density at radius 1 is 1.28 bits per heavy atom. The zero-order valence-electron chi connectivity index (χ0n) is 15.9. The van der Waals surface area contributed by atoms with E-state index in [4.69, 9.17) is 9.47 Å². The molecule has 1 aromatic heterocycles. The van der Waals surface area contributed by atoms with Gasteiger partial charge in [-0.25, -0.2) is 22.9 Å². The summed E-state index contributed by atoms with van der Waals surface area (Å²) in [5.74, 6) is -0.155. The Morgan fingerprint density at radius 3 is 2.72 bits per heavy atom. The fourth-order valence-electron chi connectivity index (χ4n) is 2.76. The smallest absolute Gasteiger partial charge is 0.335 e. The Hall–Kier alpha value is -3.41. The van der Waals surface area contributed by atoms with Crippen LogP contribution in [0, 0.1) is 6.92 Å². The molecule has 0 saturated carbocycles. The van der Waals surface area contributed by atoms with E-state index in [0.717, 1.165) is 0 Å². The third kappa shape index (κ3) is 4.37. The highest BCUT2D eigenvalue weighted by Gasteiger charge is 2.30. The van der Waals surface area contributed by atoms with Crippen LogP contribution in [0.1, 0.15) is 12.6 Å². The minimum atomic E-state index is -4.31. The molecule has 2 aromatic rings. The molecule has 2 N–H and O–H groups in total. The number of benzene rings is 1. The molecule has 11 nitrogen and oxygen atoms in total. The predicted octanol–water partition coefficient (Wildman–Crippen LogP) is 1.05. The van der Waals surface area contributed by atoms with Gasteiger partial charge in [0.2, 0.25) is 17.7 Å². The molecular formula is C17H19N5O6S. The SMILES string of the molecule is COc1cc(C)nc(NC(=O)NS(=O)(=O)c2cccc3c2OCCN3C(C)=O)n1. The number of methoxy groups -OCH3 is 1. The van der Waals surface area contributed by atoms with E-state index in [1.807, 2.05) is 4.72 Å². The molecule has 3 rings (SSSR count). The Balaban J connectivity index is 1.85. The van der Waals surface area contributed by atoms with Gasteiger partial charge in [0.15, 0.2) is 5.75 Å². The molecule has 0 spiro atoms. The number of anilines is 2. The number of nitrogens with zero attached hydrogens (tertiary/aromatic N) is 3. The molecule has 29 heavy (non-hydrogen) atoms. The third-order valence-corrected chi connectivity index (χ3v) is 5.33. The summed E-state index contributed by atoms with van der Waals surface area (Å²) in [4.78, 5) is 33.1. The lowest BCUT2D eigenvalue weighted by Gasteiger charge is -2.29. The van der Waals surface area contributed by atoms with Crippen LogP contribution >= 0.6 is 0 Å². The molecule has 0 radical (unpaired) electrons. The number of nitrogens with one attached hydrogen (secondary N) is 2. The van der Waals surface area contributed by atoms with E-state index in [-0.39, 0.29) is 35.0 Å². The summed E-state index contributed by atoms with van der Waals surface area (Å²) < 4.78 is 37.9. The second kappa shape index (κ2) is 7.91. The van der Waals surface area contributed by atoms with E-state index in [1.54, 1.807) is 19.1 Å². The molecule has 2 heterocycles. The van der Waals surface area contributed by atoms with Crippen LogP contribution in [-0.2, 0) is 14.8 Å². The van der Waals surface area contributed by atoms with Crippen LogP contribution in [0.2, 0.25) is 0 Å². The number of ether oxygens (including phenoxy) is 2. The quantitative estimate of drug-likeness (QED) is 0.747. The average molecular weight is 421 g/mol. The van der Waals surface area contributed by atoms with Gasteiger partial charge < -0.3 is 14.4 Å². The molecule has 154 valence electrons. The zero-order valence-corrected chi connectivity index (χ0v) is 16.7. The molecule has 3 amide bonds. The first-order chi connectivity index (χ1) is 13.7. The van der Waals surface area contributed by atoms with Crippen molar-refractivity contribution in [2.45, 2.75) is 18.7 Å². The van der Waals surface area contributed by atoms with Crippen molar-refractivity contribution in [2.24, 2.45) is 0 Å². The molecule has 1 aliphatic rings. The van der Waals surface area contributed by atoms with Gasteiger partial charge in [0.1, 0.15) is 11.5 Å². The molecular weight excluding hydrogens is 402 g/mol. The summed E-state index contributed by atoms with van der Waals surface area (Å²) in [5.41, 5.74) is 0.837. The van der Waals surface area contributed by atoms with Gasteiger partial charge in [-0.1, -0.05) is 6.07 Å². The lowest BCUT2D eigenvalue weighted by atomic mass is 10.2. The molecule has 0 bridgehead atoms. The van der Waals surface area contributed by atoms with Gasteiger partial charge in [-0.3, -0.25) is 10.1 Å². The zero-order chi connectivity index (χ0) is 21.2. The van der Waals surface area contributed by atoms with Crippen molar-refractivity contribution in [1.29, 1.82) is 0 Å². The van der Waals surface area contributed by atoms with E-state index < -0.39 is 16.1 Å². The number of aromatic nitrogens is 2. The third-order valence-electron chi connectivity index (χ3n) is 3.97. The molecule has 1 aliphatic heterocycles. The number of rotatable bonds is 4. The van der Waals surface area contributed by atoms with E-state index in [9.17, 15) is 18.0 Å². The highest BCUT2D eigenvalue weighted by Crippen LogP contribution is 2.37. The Kier molecular flexibility index (Phi) is 5.55. The van der Waals surface area contributed by atoms with E-state index in [2.05, 4.69) is 15.3 Å². The highest BCUT2D eigenvalue weighted by molar-refractivity contribution is 7.90. The minimum Gasteiger partial charge on any atom is -0.488 e. The van der Waals surface area contributed by atoms with Gasteiger partial charge in [-0.05, 0) is 19.1 Å². The number of aryl methyl sites for hydroxylation is 1. The highest BCUT2D eigenvalue weighted by atomic mass is 32.2. The largest absolute Gasteiger partial charge is 0.488 e. The van der Waals surface area contributed by atoms with Crippen LogP contribution in [0.5, 0.6) is 11.6 Å². The van der Waals surface area contributed by atoms with Crippen molar-refractivity contribution in [1.82, 2.24) is 14.7 Å². The lowest BCUT2D eigenvalue weighted by Crippen LogP contribution is -2.38. The standard InChI is InChI=1S/C17H19N5O6S/c1-10-9-14(27-3)19-16(18-10)20-17(24)21-29(25,26)13-6-4-5-12-15(13)28-8-7-22(12)11(2)23/h4-6,9H,7-8H2,1-3H3,(H2,18,19,20,21,24). The monoisotopic (exact) mass is 421 g/mol. The molecule has 0 fully saturated rings. The van der Waals surface area contributed by atoms with Crippen LogP contribution in [-0.4, -0.2) is 50.6 Å². The fourth-order valence-corrected chi connectivity index (χ4v) is 3.83. The van der Waals surface area contributed by atoms with Crippen molar-refractivity contribution in [3.63, 3.8) is 0 Å². The molecule has 0 aliphatic carbocycles. The van der Waals surface area contributed by atoms with Gasteiger partial charge >= 0.3 is 6.03 Å². The fraction of sp³-hybridized carbons (Fsp3) is 0.294. The van der Waals surface area contributed by atoms with Gasteiger partial charge in [0.05, 0.1) is 19.3 Å². The van der Waals surface area contributed by atoms with Crippen molar-refractivity contribution >= 4 is 33.6 Å². The molecule has 0 saturated heterocycles. The summed E-state index contributed by atoms with van der Waals surface area (Å²) in [6, 6.07) is 4.81. The summed E-state index contributed by atoms with van der Waals surface area (Å²) in [7, 11) is -2.91. The average Bonchev–Trinajstić information content (AvgIpc) is 2.65. The van der Waals surface area contributed by atoms with Crippen molar-refractivity contribution < 1.29 is 27.5 Å². The Labute approximate surface area is 167 Å². The Bertz CT molecular complexity index is 1070. The number of urea groups is 1. The first kappa shape index (κ1) is 20.3. The first-order valence-electron chi connectivity index (χ1n) is 8.48. The molecule has 1 aromatic carbocycles. The lowest BCUT2D eigenvalue weighted by molar-refractivity contribution is -0.116. The van der Waals surface area contributed by atoms with Crippen LogP contribution in [0.25, 0.3) is 0 Å². The number of hydrogen-bond acceptors (Lipinski definition) is 8. The number of hydrogen-bond donors (Lipinski definition) is 2. The number of carbonyl (C=O) groups is 2. The van der Waals surface area contributed by atoms with Gasteiger partial charge in [0.25, 0.3) is 10.0 Å². The van der Waals surface area contributed by atoms with Crippen molar-refractivity contribution in [3.05, 3.63) is 30.0 Å². The number of carbonyl (C=O) groups excluding carboxylic acids is 2. The number of fused-ring (bicyclic) bond motifs is 1. The van der Waals surface area contributed by atoms with E-state index >= 15 is 0 Å². The molecule has 12 heteroatoms. The van der Waals surface area contributed by atoms with Gasteiger partial charge in [0, 0.05) is 18.7 Å². The van der Waals surface area contributed by atoms with Gasteiger partial charge in [-0.2, -0.15) is 4.98 Å². The maximum atomic E-state index is 12.8. The summed E-state index contributed by atoms with van der Waals surface area (Å²) in [6.45, 7) is 3.46. The van der Waals surface area contributed by atoms with Gasteiger partial charge in [-0.15, -0.1) is 0 Å². The maximum absolute atomic E-state index is 12.8. The maximum Gasteiger partial charge on any atom is 0.335 e. The van der Waals surface area contributed by atoms with Crippen LogP contribution < -0.4 is 24.4 Å². The normalized spacial score (nSPS) is 13.1. The van der Waals surface area contributed by atoms with Crippen LogP contribution in [0.3, 0.4) is 0 Å². The van der Waals surface area contributed by atoms with Crippen molar-refractivity contribution in [2.75, 3.05) is 30.5 Å². The first-order valence-corrected chi connectivity index (χ1v) is 9.97. The van der Waals surface area contributed by atoms with Crippen molar-refractivity contribution in [3.8, 4) is 11.6 Å². The predicted molar refractivity (Wildman–Crippen MR) is 103 cm³/mol. The molecule has 0 unspecified atom stereocenters. The second-order valence-electron chi connectivity index (χ2n) is 6.06. The second-order valence-corrected chi connectivity index (χ2v) is 7.71. The van der Waals surface area contributed by atoms with Crippen LogP contribution in [0.4, 0.5) is 16.4 Å². The summed E-state index contributed by atoms with van der Waals surface area (Å²) in [6.07, 6.45) is 0. The van der Waals surface area contributed by atoms with E-state index in [1.165, 1.54) is 31.1 Å². The Morgan fingerprint density at radius 2 is 2.03 bits per heavy atom. The minimum absolute atomic E-state index is 0.00252. The molecule has 0 atom stereocenters. The number of para-hydroxylation sites is 1. The summed E-state index contributed by atoms with van der Waals surface area (Å²) in [5, 5.41) is 2.25.